The van der Waals surface area contributed by atoms with Gasteiger partial charge in [-0.2, -0.15) is 50.5 Å². The van der Waals surface area contributed by atoms with Crippen molar-refractivity contribution in [2.24, 2.45) is 0 Å². The number of carbonyl (C=O) groups is 4. The first-order valence-corrected chi connectivity index (χ1v) is 18.9. The quantitative estimate of drug-likeness (QED) is 0.0394. The average Bonchev–Trinajstić information content (AvgIpc) is 3.02. The number of hydrogen-bond donors (Lipinski definition) is 8. The van der Waals surface area contributed by atoms with Crippen molar-refractivity contribution in [3.63, 3.8) is 0 Å². The number of ether oxygens (including phenoxy) is 2. The molecule has 11 nitrogen and oxygen atoms in total. The Bertz CT molecular complexity index is 747. The molecule has 0 aliphatic carbocycles. The largest absolute Gasteiger partial charge is 0.382 e. The van der Waals surface area contributed by atoms with E-state index in [0.717, 1.165) is 62.9 Å². The molecule has 0 bridgehead atoms. The fourth-order valence-electron chi connectivity index (χ4n) is 4.37. The van der Waals surface area contributed by atoms with Gasteiger partial charge in [-0.25, -0.2) is 0 Å². The lowest BCUT2D eigenvalue weighted by molar-refractivity contribution is -0.123. The number of unbranched alkanes of at least 4 members (excludes halogenated alkanes) is 2. The summed E-state index contributed by atoms with van der Waals surface area (Å²) in [6.07, 6.45) is 8.88. The third-order valence-electron chi connectivity index (χ3n) is 7.14. The molecule has 2 atom stereocenters. The van der Waals surface area contributed by atoms with E-state index < -0.39 is 0 Å². The minimum Gasteiger partial charge on any atom is -0.382 e. The van der Waals surface area contributed by atoms with Crippen molar-refractivity contribution in [3.05, 3.63) is 0 Å². The summed E-state index contributed by atoms with van der Waals surface area (Å²) in [6.45, 7) is 4.41. The first-order chi connectivity index (χ1) is 22.2. The van der Waals surface area contributed by atoms with Crippen LogP contribution in [0.15, 0.2) is 0 Å². The molecular weight excluding hydrogens is 667 g/mol. The number of carbonyl (C=O) groups excluding carboxylic acids is 4. The zero-order valence-electron chi connectivity index (χ0n) is 27.8. The lowest BCUT2D eigenvalue weighted by Gasteiger charge is -2.22. The van der Waals surface area contributed by atoms with Crippen molar-refractivity contribution in [1.82, 2.24) is 26.2 Å². The minimum atomic E-state index is -0.119. The lowest BCUT2D eigenvalue weighted by atomic mass is 10.1. The zero-order valence-corrected chi connectivity index (χ0v) is 31.4. The minimum absolute atomic E-state index is 0.0160. The highest BCUT2D eigenvalue weighted by atomic mass is 32.1. The van der Waals surface area contributed by atoms with E-state index in [2.05, 4.69) is 71.8 Å². The highest BCUT2D eigenvalue weighted by molar-refractivity contribution is 7.81. The molecule has 0 aromatic rings. The molecule has 0 fully saturated rings. The van der Waals surface area contributed by atoms with Gasteiger partial charge in [0.25, 0.3) is 0 Å². The molecule has 0 aliphatic heterocycles. The second-order valence-electron chi connectivity index (χ2n) is 11.2. The summed E-state index contributed by atoms with van der Waals surface area (Å²) in [5, 5.41) is 12.0. The van der Waals surface area contributed by atoms with E-state index in [0.29, 0.717) is 89.0 Å². The van der Waals surface area contributed by atoms with Gasteiger partial charge in [0, 0.05) is 89.1 Å². The van der Waals surface area contributed by atoms with Crippen LogP contribution in [0.1, 0.15) is 77.0 Å². The summed E-state index contributed by atoms with van der Waals surface area (Å²) in [5.74, 6) is 1.37. The molecule has 0 rings (SSSR count). The molecule has 46 heavy (non-hydrogen) atoms. The Morgan fingerprint density at radius 1 is 0.565 bits per heavy atom. The van der Waals surface area contributed by atoms with Gasteiger partial charge >= 0.3 is 0 Å². The second-order valence-corrected chi connectivity index (χ2v) is 13.5. The van der Waals surface area contributed by atoms with Crippen LogP contribution >= 0.6 is 50.5 Å². The smallest absolute Gasteiger partial charge is 0.221 e. The summed E-state index contributed by atoms with van der Waals surface area (Å²) in [5.41, 5.74) is 0. The van der Waals surface area contributed by atoms with Crippen LogP contribution in [0.25, 0.3) is 0 Å². The molecule has 2 unspecified atom stereocenters. The van der Waals surface area contributed by atoms with Crippen molar-refractivity contribution < 1.29 is 28.7 Å². The number of thiol groups is 4. The van der Waals surface area contributed by atoms with Gasteiger partial charge in [-0.3, -0.25) is 19.2 Å². The molecule has 0 heterocycles. The fraction of sp³-hybridized carbons (Fsp3) is 0.871. The Morgan fingerprint density at radius 3 is 1.37 bits per heavy atom. The monoisotopic (exact) mass is 727 g/mol. The van der Waals surface area contributed by atoms with E-state index in [9.17, 15) is 19.2 Å². The molecule has 0 radical (unpaired) electrons. The van der Waals surface area contributed by atoms with Crippen molar-refractivity contribution in [2.45, 2.75) is 87.5 Å². The van der Waals surface area contributed by atoms with Crippen LogP contribution < -0.4 is 21.3 Å². The summed E-state index contributed by atoms with van der Waals surface area (Å²) in [4.78, 5) is 50.9. The molecule has 0 aliphatic rings. The van der Waals surface area contributed by atoms with Crippen LogP contribution in [-0.2, 0) is 28.7 Å². The molecule has 0 spiro atoms. The number of nitrogens with one attached hydrogen (secondary N) is 4. The first-order valence-electron chi connectivity index (χ1n) is 16.6. The first kappa shape index (κ1) is 45.2. The standard InChI is InChI=1S/C31H61N5O6S4/c1-41-22-23-42-21-20-36(18-10-30(39)34-16-14-32-28(37)8-4-2-6-26(45)12-24-43)19-11-31(40)35-17-15-33-29(38)9-5-3-7-27(46)13-25-44/h26-27,43-46H,2-25H2,1H3,(H,32,37)(H,33,38)(H,34,39)(H,35,40). The van der Waals surface area contributed by atoms with E-state index in [4.69, 9.17) is 9.47 Å². The number of amides is 4. The summed E-state index contributed by atoms with van der Waals surface area (Å²) >= 11 is 17.4. The highest BCUT2D eigenvalue weighted by Crippen LogP contribution is 2.13. The van der Waals surface area contributed by atoms with E-state index in [1.807, 2.05) is 4.90 Å². The van der Waals surface area contributed by atoms with Crippen LogP contribution in [0.4, 0.5) is 0 Å². The number of methoxy groups -OCH3 is 1. The number of nitrogens with zero attached hydrogens (tertiary/aromatic N) is 1. The summed E-state index contributed by atoms with van der Waals surface area (Å²) < 4.78 is 10.6. The van der Waals surface area contributed by atoms with Crippen molar-refractivity contribution in [3.8, 4) is 0 Å². The normalized spacial score (nSPS) is 12.5. The average molecular weight is 728 g/mol. The molecule has 0 aromatic heterocycles. The van der Waals surface area contributed by atoms with Crippen LogP contribution in [0.2, 0.25) is 0 Å². The molecule has 4 amide bonds. The predicted molar refractivity (Wildman–Crippen MR) is 200 cm³/mol. The van der Waals surface area contributed by atoms with Gasteiger partial charge in [-0.1, -0.05) is 12.8 Å². The number of rotatable bonds is 32. The van der Waals surface area contributed by atoms with Gasteiger partial charge in [0.1, 0.15) is 0 Å². The maximum atomic E-state index is 12.4. The molecule has 4 N–H and O–H groups in total. The third-order valence-corrected chi connectivity index (χ3v) is 8.69. The second kappa shape index (κ2) is 32.7. The maximum Gasteiger partial charge on any atom is 0.221 e. The summed E-state index contributed by atoms with van der Waals surface area (Å²) in [7, 11) is 1.61. The molecule has 15 heteroatoms. The third kappa shape index (κ3) is 30.5. The van der Waals surface area contributed by atoms with E-state index in [-0.39, 0.29) is 36.5 Å². The van der Waals surface area contributed by atoms with Crippen molar-refractivity contribution in [2.75, 3.05) is 84.2 Å². The Morgan fingerprint density at radius 2 is 0.978 bits per heavy atom. The fourth-order valence-corrected chi connectivity index (χ4v) is 6.03. The van der Waals surface area contributed by atoms with Crippen molar-refractivity contribution in [1.29, 1.82) is 0 Å². The lowest BCUT2D eigenvalue weighted by Crippen LogP contribution is -2.39. The molecule has 0 aromatic carbocycles. The van der Waals surface area contributed by atoms with Crippen LogP contribution in [-0.4, -0.2) is 123 Å². The van der Waals surface area contributed by atoms with E-state index >= 15 is 0 Å². The van der Waals surface area contributed by atoms with Gasteiger partial charge in [-0.15, -0.1) is 0 Å². The van der Waals surface area contributed by atoms with Crippen LogP contribution in [0.5, 0.6) is 0 Å². The molecular formula is C31H61N5O6S4. The van der Waals surface area contributed by atoms with Crippen LogP contribution in [0, 0.1) is 0 Å². The van der Waals surface area contributed by atoms with Crippen molar-refractivity contribution >= 4 is 74.1 Å². The highest BCUT2D eigenvalue weighted by Gasteiger charge is 2.12. The topological polar surface area (TPSA) is 138 Å². The SMILES string of the molecule is COCCOCCN(CCC(=O)NCCNC(=O)CCCCC(S)CCS)CCC(=O)NCCNC(=O)CCCCC(S)CCS. The molecule has 270 valence electrons. The summed E-state index contributed by atoms with van der Waals surface area (Å²) in [6, 6.07) is 0. The predicted octanol–water partition coefficient (Wildman–Crippen LogP) is 2.55. The van der Waals surface area contributed by atoms with Gasteiger partial charge in [0.2, 0.25) is 23.6 Å². The van der Waals surface area contributed by atoms with Gasteiger partial charge in [0.15, 0.2) is 0 Å². The van der Waals surface area contributed by atoms with Gasteiger partial charge < -0.3 is 35.6 Å². The Kier molecular flexibility index (Phi) is 32.1. The number of hydrogen-bond acceptors (Lipinski definition) is 11. The zero-order chi connectivity index (χ0) is 34.3. The van der Waals surface area contributed by atoms with Crippen LogP contribution in [0.3, 0.4) is 0 Å². The Labute approximate surface area is 299 Å². The van der Waals surface area contributed by atoms with E-state index in [1.165, 1.54) is 0 Å². The van der Waals surface area contributed by atoms with Gasteiger partial charge in [-0.05, 0) is 50.0 Å². The maximum absolute atomic E-state index is 12.4. The van der Waals surface area contributed by atoms with Gasteiger partial charge in [0.05, 0.1) is 19.8 Å². The van der Waals surface area contributed by atoms with E-state index in [1.54, 1.807) is 7.11 Å². The molecule has 0 saturated heterocycles. The molecule has 0 saturated carbocycles. The Hall–Kier alpha value is -0.840. The Balaban J connectivity index is 4.22.